The maximum absolute atomic E-state index is 13.6. The van der Waals surface area contributed by atoms with Gasteiger partial charge in [-0.1, -0.05) is 6.07 Å². The number of carbonyl (C=O) groups excluding carboxylic acids is 1. The predicted molar refractivity (Wildman–Crippen MR) is 68.7 cm³/mol. The highest BCUT2D eigenvalue weighted by atomic mass is 79.9. The number of nitrogens with zero attached hydrogens (tertiary/aromatic N) is 1. The molecule has 0 spiro atoms. The highest BCUT2D eigenvalue weighted by Gasteiger charge is 2.15. The van der Waals surface area contributed by atoms with E-state index in [9.17, 15) is 9.18 Å². The van der Waals surface area contributed by atoms with E-state index >= 15 is 0 Å². The van der Waals surface area contributed by atoms with Crippen LogP contribution in [0.4, 0.5) is 9.52 Å². The number of nitrogens with two attached hydrogens (primary N) is 1. The van der Waals surface area contributed by atoms with Crippen molar-refractivity contribution in [3.8, 4) is 0 Å². The second kappa shape index (κ2) is 4.93. The Morgan fingerprint density at radius 3 is 2.94 bits per heavy atom. The van der Waals surface area contributed by atoms with E-state index in [4.69, 9.17) is 5.73 Å². The van der Waals surface area contributed by atoms with E-state index in [1.165, 1.54) is 17.4 Å². The van der Waals surface area contributed by atoms with E-state index in [1.807, 2.05) is 0 Å². The van der Waals surface area contributed by atoms with Gasteiger partial charge in [-0.25, -0.2) is 9.37 Å². The van der Waals surface area contributed by atoms with Crippen molar-refractivity contribution in [2.75, 3.05) is 5.73 Å². The van der Waals surface area contributed by atoms with E-state index in [0.29, 0.717) is 10.8 Å². The van der Waals surface area contributed by atoms with Crippen molar-refractivity contribution in [2.24, 2.45) is 0 Å². The lowest BCUT2D eigenvalue weighted by Crippen LogP contribution is -2.07. The Bertz CT molecular complexity index is 570. The third kappa shape index (κ3) is 2.70. The maximum atomic E-state index is 13.6. The molecule has 3 nitrogen and oxygen atoms in total. The Morgan fingerprint density at radius 1 is 1.53 bits per heavy atom. The van der Waals surface area contributed by atoms with Crippen LogP contribution in [0, 0.1) is 5.82 Å². The van der Waals surface area contributed by atoms with Gasteiger partial charge in [0.1, 0.15) is 5.82 Å². The van der Waals surface area contributed by atoms with Crippen LogP contribution < -0.4 is 5.73 Å². The quantitative estimate of drug-likeness (QED) is 0.886. The summed E-state index contributed by atoms with van der Waals surface area (Å²) in [5, 5.41) is 2.10. The molecule has 0 aliphatic rings. The summed E-state index contributed by atoms with van der Waals surface area (Å²) < 4.78 is 13.9. The van der Waals surface area contributed by atoms with Crippen LogP contribution in [0.15, 0.2) is 28.1 Å². The molecular weight excluding hydrogens is 307 g/mol. The van der Waals surface area contributed by atoms with Gasteiger partial charge >= 0.3 is 0 Å². The molecule has 0 saturated heterocycles. The molecule has 2 N–H and O–H groups in total. The van der Waals surface area contributed by atoms with Crippen LogP contribution in [0.2, 0.25) is 0 Å². The van der Waals surface area contributed by atoms with Gasteiger partial charge in [0, 0.05) is 5.38 Å². The lowest BCUT2D eigenvalue weighted by atomic mass is 10.1. The molecule has 1 aromatic heterocycles. The number of nitrogen functional groups attached to an aromatic ring is 1. The standard InChI is InChI=1S/C11H8BrFN2OS/c12-8-3-1-2-7(10(8)13)9(16)4-6-5-17-11(14)15-6/h1-3,5H,4H2,(H2,14,15). The van der Waals surface area contributed by atoms with E-state index in [-0.39, 0.29) is 22.2 Å². The zero-order valence-electron chi connectivity index (χ0n) is 8.61. The number of rotatable bonds is 3. The summed E-state index contributed by atoms with van der Waals surface area (Å²) in [6.07, 6.45) is 0.0566. The van der Waals surface area contributed by atoms with Crippen molar-refractivity contribution < 1.29 is 9.18 Å². The summed E-state index contributed by atoms with van der Waals surface area (Å²) in [5.74, 6) is -0.852. The Hall–Kier alpha value is -1.27. The molecule has 0 bridgehead atoms. The van der Waals surface area contributed by atoms with Gasteiger partial charge < -0.3 is 5.73 Å². The number of thiazole rings is 1. The topological polar surface area (TPSA) is 56.0 Å². The van der Waals surface area contributed by atoms with Gasteiger partial charge in [0.05, 0.1) is 22.2 Å². The minimum Gasteiger partial charge on any atom is -0.375 e. The highest BCUT2D eigenvalue weighted by Crippen LogP contribution is 2.20. The van der Waals surface area contributed by atoms with Crippen molar-refractivity contribution in [3.05, 3.63) is 45.1 Å². The molecule has 0 unspecified atom stereocenters. The molecule has 88 valence electrons. The van der Waals surface area contributed by atoms with Crippen LogP contribution >= 0.6 is 27.3 Å². The smallest absolute Gasteiger partial charge is 0.180 e. The molecule has 0 aliphatic heterocycles. The van der Waals surface area contributed by atoms with Crippen LogP contribution in [0.3, 0.4) is 0 Å². The summed E-state index contributed by atoms with van der Waals surface area (Å²) in [7, 11) is 0. The van der Waals surface area contributed by atoms with E-state index in [0.717, 1.165) is 0 Å². The molecule has 2 aromatic rings. The summed E-state index contributed by atoms with van der Waals surface area (Å²) in [6, 6.07) is 4.63. The van der Waals surface area contributed by atoms with E-state index in [2.05, 4.69) is 20.9 Å². The third-order valence-corrected chi connectivity index (χ3v) is 3.50. The summed E-state index contributed by atoms with van der Waals surface area (Å²) >= 11 is 4.30. The normalized spacial score (nSPS) is 10.5. The van der Waals surface area contributed by atoms with E-state index < -0.39 is 5.82 Å². The first-order valence-electron chi connectivity index (χ1n) is 4.75. The molecular formula is C11H8BrFN2OS. The molecule has 0 aliphatic carbocycles. The molecule has 0 radical (unpaired) electrons. The number of ketones is 1. The van der Waals surface area contributed by atoms with Crippen LogP contribution in [-0.4, -0.2) is 10.8 Å². The predicted octanol–water partition coefficient (Wildman–Crippen LogP) is 3.05. The van der Waals surface area contributed by atoms with Crippen LogP contribution in [0.5, 0.6) is 0 Å². The van der Waals surface area contributed by atoms with Gasteiger partial charge in [-0.3, -0.25) is 4.79 Å². The molecule has 17 heavy (non-hydrogen) atoms. The van der Waals surface area contributed by atoms with Crippen molar-refractivity contribution in [1.82, 2.24) is 4.98 Å². The maximum Gasteiger partial charge on any atom is 0.180 e. The molecule has 6 heteroatoms. The first kappa shape index (κ1) is 12.2. The van der Waals surface area contributed by atoms with Gasteiger partial charge in [0.15, 0.2) is 10.9 Å². The Morgan fingerprint density at radius 2 is 2.29 bits per heavy atom. The Labute approximate surface area is 110 Å². The fourth-order valence-electron chi connectivity index (χ4n) is 1.38. The van der Waals surface area contributed by atoms with Crippen LogP contribution in [0.25, 0.3) is 0 Å². The second-order valence-corrected chi connectivity index (χ2v) is 5.12. The molecule has 2 rings (SSSR count). The molecule has 0 saturated carbocycles. The number of hydrogen-bond donors (Lipinski definition) is 1. The fourth-order valence-corrected chi connectivity index (χ4v) is 2.31. The lowest BCUT2D eigenvalue weighted by Gasteiger charge is -2.02. The summed E-state index contributed by atoms with van der Waals surface area (Å²) in [5.41, 5.74) is 6.09. The zero-order chi connectivity index (χ0) is 12.4. The first-order chi connectivity index (χ1) is 8.08. The van der Waals surface area contributed by atoms with E-state index in [1.54, 1.807) is 17.5 Å². The Kier molecular flexibility index (Phi) is 3.54. The number of halogens is 2. The highest BCUT2D eigenvalue weighted by molar-refractivity contribution is 9.10. The minimum atomic E-state index is -0.541. The number of carbonyl (C=O) groups is 1. The third-order valence-electron chi connectivity index (χ3n) is 2.16. The SMILES string of the molecule is Nc1nc(CC(=O)c2cccc(Br)c2F)cs1. The minimum absolute atomic E-state index is 0.0566. The molecule has 1 aromatic carbocycles. The number of Topliss-reactive ketones (excluding diaryl/α,β-unsaturated/α-hetero) is 1. The molecule has 0 fully saturated rings. The van der Waals surface area contributed by atoms with Crippen molar-refractivity contribution in [3.63, 3.8) is 0 Å². The van der Waals surface area contributed by atoms with Gasteiger partial charge in [0.2, 0.25) is 0 Å². The molecule has 0 amide bonds. The van der Waals surface area contributed by atoms with Crippen LogP contribution in [-0.2, 0) is 6.42 Å². The van der Waals surface area contributed by atoms with Crippen molar-refractivity contribution >= 4 is 38.2 Å². The zero-order valence-corrected chi connectivity index (χ0v) is 11.0. The average Bonchev–Trinajstić information content (AvgIpc) is 2.68. The number of anilines is 1. The summed E-state index contributed by atoms with van der Waals surface area (Å²) in [4.78, 5) is 15.8. The molecule has 0 atom stereocenters. The van der Waals surface area contributed by atoms with Gasteiger partial charge in [0.25, 0.3) is 0 Å². The monoisotopic (exact) mass is 314 g/mol. The second-order valence-electron chi connectivity index (χ2n) is 3.38. The Balaban J connectivity index is 2.23. The number of hydrogen-bond acceptors (Lipinski definition) is 4. The molecule has 1 heterocycles. The van der Waals surface area contributed by atoms with Crippen LogP contribution in [0.1, 0.15) is 16.1 Å². The van der Waals surface area contributed by atoms with Gasteiger partial charge in [-0.05, 0) is 28.1 Å². The number of aromatic nitrogens is 1. The summed E-state index contributed by atoms with van der Waals surface area (Å²) in [6.45, 7) is 0. The number of benzene rings is 1. The fraction of sp³-hybridized carbons (Fsp3) is 0.0909. The van der Waals surface area contributed by atoms with Crippen molar-refractivity contribution in [1.29, 1.82) is 0 Å². The lowest BCUT2D eigenvalue weighted by molar-refractivity contribution is 0.0988. The van der Waals surface area contributed by atoms with Gasteiger partial charge in [-0.2, -0.15) is 0 Å². The first-order valence-corrected chi connectivity index (χ1v) is 6.42. The van der Waals surface area contributed by atoms with Crippen molar-refractivity contribution in [2.45, 2.75) is 6.42 Å². The van der Waals surface area contributed by atoms with Gasteiger partial charge in [-0.15, -0.1) is 11.3 Å². The average molecular weight is 315 g/mol. The largest absolute Gasteiger partial charge is 0.375 e.